The molecule has 0 radical (unpaired) electrons. The number of aliphatic imine (C=N–C) groups is 1. The smallest absolute Gasteiger partial charge is 0.132 e. The summed E-state index contributed by atoms with van der Waals surface area (Å²) in [5.74, 6) is 2.82. The zero-order valence-electron chi connectivity index (χ0n) is 16.3. The Kier molecular flexibility index (Phi) is 4.88. The van der Waals surface area contributed by atoms with Crippen LogP contribution in [0.5, 0.6) is 0 Å². The number of nitrogens with zero attached hydrogens (tertiary/aromatic N) is 2. The third-order valence-electron chi connectivity index (χ3n) is 6.14. The van der Waals surface area contributed by atoms with Gasteiger partial charge in [-0.2, -0.15) is 0 Å². The highest BCUT2D eigenvalue weighted by Crippen LogP contribution is 2.30. The Morgan fingerprint density at radius 2 is 2.04 bits per heavy atom. The molecule has 1 aliphatic carbocycles. The zero-order chi connectivity index (χ0) is 18.1. The Balaban J connectivity index is 1.40. The first-order valence-electron chi connectivity index (χ1n) is 10.2. The molecule has 1 saturated heterocycles. The van der Waals surface area contributed by atoms with Crippen molar-refractivity contribution in [3.8, 4) is 0 Å². The Hall–Kier alpha value is -2.03. The Bertz CT molecular complexity index is 764. The molecule has 1 fully saturated rings. The summed E-state index contributed by atoms with van der Waals surface area (Å²) in [5, 5.41) is 3.17. The molecule has 0 aromatic heterocycles. The van der Waals surface area contributed by atoms with E-state index < -0.39 is 0 Å². The third kappa shape index (κ3) is 3.58. The number of benzene rings is 1. The van der Waals surface area contributed by atoms with E-state index in [4.69, 9.17) is 0 Å². The van der Waals surface area contributed by atoms with Crippen molar-refractivity contribution in [1.82, 2.24) is 10.2 Å². The van der Waals surface area contributed by atoms with E-state index >= 15 is 0 Å². The number of amidine groups is 1. The molecule has 26 heavy (non-hydrogen) atoms. The number of piperidine rings is 1. The van der Waals surface area contributed by atoms with Crippen LogP contribution in [0.1, 0.15) is 55.4 Å². The van der Waals surface area contributed by atoms with Gasteiger partial charge < -0.3 is 10.2 Å². The second kappa shape index (κ2) is 7.30. The summed E-state index contributed by atoms with van der Waals surface area (Å²) in [4.78, 5) is 7.08. The highest BCUT2D eigenvalue weighted by Gasteiger charge is 2.23. The van der Waals surface area contributed by atoms with Crippen molar-refractivity contribution in [1.29, 1.82) is 0 Å². The normalized spacial score (nSPS) is 20.5. The summed E-state index contributed by atoms with van der Waals surface area (Å²) >= 11 is 0. The Labute approximate surface area is 157 Å². The van der Waals surface area contributed by atoms with Crippen LogP contribution in [0, 0.1) is 5.92 Å². The van der Waals surface area contributed by atoms with Crippen LogP contribution in [-0.2, 0) is 25.7 Å². The Morgan fingerprint density at radius 1 is 1.23 bits per heavy atom. The van der Waals surface area contributed by atoms with Crippen LogP contribution in [0.3, 0.4) is 0 Å². The van der Waals surface area contributed by atoms with E-state index in [9.17, 15) is 0 Å². The first-order chi connectivity index (χ1) is 12.6. The van der Waals surface area contributed by atoms with E-state index in [1.165, 1.54) is 44.9 Å². The number of nitrogens with one attached hydrogen (secondary N) is 1. The standard InChI is InChI=1S/C23H31N3/c1-4-20-14-19(15-21-6-5-7-22(20)21)13-18-8-10-26(11-9-18)23-12-16(2)24-17(3)25-23/h12,14-15,18H,2,4-11,13H2,1,3H3,(H,24,25). The number of likely N-dealkylation sites (tertiary alicyclic amines) is 1. The summed E-state index contributed by atoms with van der Waals surface area (Å²) in [7, 11) is 0. The fraction of sp³-hybridized carbons (Fsp3) is 0.522. The molecular weight excluding hydrogens is 318 g/mol. The lowest BCUT2D eigenvalue weighted by Crippen LogP contribution is -2.35. The van der Waals surface area contributed by atoms with Crippen molar-refractivity contribution in [3.63, 3.8) is 0 Å². The summed E-state index contributed by atoms with van der Waals surface area (Å²) < 4.78 is 0. The van der Waals surface area contributed by atoms with Gasteiger partial charge in [-0.05, 0) is 80.0 Å². The van der Waals surface area contributed by atoms with Gasteiger partial charge >= 0.3 is 0 Å². The summed E-state index contributed by atoms with van der Waals surface area (Å²) in [5.41, 5.74) is 7.43. The van der Waals surface area contributed by atoms with Gasteiger partial charge in [0.15, 0.2) is 0 Å². The van der Waals surface area contributed by atoms with Crippen LogP contribution in [0.2, 0.25) is 0 Å². The molecule has 0 unspecified atom stereocenters. The van der Waals surface area contributed by atoms with Crippen LogP contribution >= 0.6 is 0 Å². The number of rotatable bonds is 4. The van der Waals surface area contributed by atoms with Gasteiger partial charge in [0.05, 0.1) is 0 Å². The molecule has 0 bridgehead atoms. The monoisotopic (exact) mass is 349 g/mol. The highest BCUT2D eigenvalue weighted by molar-refractivity contribution is 5.83. The van der Waals surface area contributed by atoms with E-state index in [2.05, 4.69) is 46.9 Å². The third-order valence-corrected chi connectivity index (χ3v) is 6.14. The van der Waals surface area contributed by atoms with Crippen LogP contribution in [-0.4, -0.2) is 23.8 Å². The molecule has 2 aliphatic heterocycles. The van der Waals surface area contributed by atoms with Crippen molar-refractivity contribution in [2.45, 2.75) is 58.8 Å². The van der Waals surface area contributed by atoms with Crippen LogP contribution in [0.4, 0.5) is 0 Å². The van der Waals surface area contributed by atoms with Gasteiger partial charge in [-0.15, -0.1) is 0 Å². The van der Waals surface area contributed by atoms with E-state index in [1.807, 2.05) is 6.92 Å². The van der Waals surface area contributed by atoms with Crippen LogP contribution in [0.25, 0.3) is 0 Å². The average Bonchev–Trinajstić information content (AvgIpc) is 3.09. The van der Waals surface area contributed by atoms with E-state index in [0.717, 1.165) is 36.4 Å². The van der Waals surface area contributed by atoms with Crippen LogP contribution < -0.4 is 5.32 Å². The quantitative estimate of drug-likeness (QED) is 0.874. The molecule has 1 aromatic carbocycles. The molecule has 3 aliphatic rings. The van der Waals surface area contributed by atoms with Crippen molar-refractivity contribution in [3.05, 3.63) is 58.6 Å². The topological polar surface area (TPSA) is 27.6 Å². The fourth-order valence-corrected chi connectivity index (χ4v) is 4.82. The van der Waals surface area contributed by atoms with Gasteiger partial charge in [0, 0.05) is 24.9 Å². The lowest BCUT2D eigenvalue weighted by atomic mass is 9.87. The molecule has 0 atom stereocenters. The summed E-state index contributed by atoms with van der Waals surface area (Å²) in [6, 6.07) is 5.02. The van der Waals surface area contributed by atoms with Crippen molar-refractivity contribution in [2.24, 2.45) is 10.9 Å². The van der Waals surface area contributed by atoms with Gasteiger partial charge in [-0.1, -0.05) is 25.6 Å². The van der Waals surface area contributed by atoms with Gasteiger partial charge in [-0.25, -0.2) is 4.99 Å². The minimum absolute atomic E-state index is 0.797. The number of fused-ring (bicyclic) bond motifs is 1. The van der Waals surface area contributed by atoms with Crippen LogP contribution in [0.15, 0.2) is 41.3 Å². The number of aryl methyl sites for hydroxylation is 2. The number of hydrogen-bond donors (Lipinski definition) is 1. The molecule has 3 nitrogen and oxygen atoms in total. The number of allylic oxidation sites excluding steroid dienone is 1. The first kappa shape index (κ1) is 17.4. The maximum atomic E-state index is 4.66. The molecule has 1 aromatic rings. The van der Waals surface area contributed by atoms with Gasteiger partial charge in [0.2, 0.25) is 0 Å². The zero-order valence-corrected chi connectivity index (χ0v) is 16.3. The van der Waals surface area contributed by atoms with Crippen molar-refractivity contribution in [2.75, 3.05) is 13.1 Å². The maximum Gasteiger partial charge on any atom is 0.132 e. The minimum atomic E-state index is 0.797. The summed E-state index contributed by atoms with van der Waals surface area (Å²) in [6.07, 6.45) is 10.9. The fourth-order valence-electron chi connectivity index (χ4n) is 4.82. The van der Waals surface area contributed by atoms with Gasteiger partial charge in [0.1, 0.15) is 11.7 Å². The number of hydrogen-bond acceptors (Lipinski definition) is 3. The van der Waals surface area contributed by atoms with Gasteiger partial charge in [0.25, 0.3) is 0 Å². The predicted molar refractivity (Wildman–Crippen MR) is 109 cm³/mol. The molecule has 2 heterocycles. The molecule has 1 N–H and O–H groups in total. The Morgan fingerprint density at radius 3 is 2.77 bits per heavy atom. The van der Waals surface area contributed by atoms with E-state index in [0.29, 0.717) is 0 Å². The molecule has 0 spiro atoms. The first-order valence-corrected chi connectivity index (χ1v) is 10.2. The molecule has 3 heteroatoms. The molecular formula is C23H31N3. The minimum Gasteiger partial charge on any atom is -0.356 e. The second-order valence-corrected chi connectivity index (χ2v) is 8.08. The van der Waals surface area contributed by atoms with Crippen molar-refractivity contribution >= 4 is 5.84 Å². The SMILES string of the molecule is C=C1C=C(N2CCC(Cc3cc(CC)c4c(c3)CCC4)CC2)N=C(C)N1. The molecule has 0 amide bonds. The van der Waals surface area contributed by atoms with E-state index in [1.54, 1.807) is 22.3 Å². The van der Waals surface area contributed by atoms with Crippen molar-refractivity contribution < 1.29 is 0 Å². The lowest BCUT2D eigenvalue weighted by Gasteiger charge is -2.35. The van der Waals surface area contributed by atoms with E-state index in [-0.39, 0.29) is 0 Å². The molecule has 4 rings (SSSR count). The lowest BCUT2D eigenvalue weighted by molar-refractivity contribution is 0.223. The second-order valence-electron chi connectivity index (χ2n) is 8.08. The molecule has 0 saturated carbocycles. The molecule has 138 valence electrons. The van der Waals surface area contributed by atoms with Gasteiger partial charge in [-0.3, -0.25) is 0 Å². The largest absolute Gasteiger partial charge is 0.356 e. The summed E-state index contributed by atoms with van der Waals surface area (Å²) in [6.45, 7) is 10.5. The average molecular weight is 350 g/mol. The highest BCUT2D eigenvalue weighted by atomic mass is 15.2. The predicted octanol–water partition coefficient (Wildman–Crippen LogP) is 4.37. The maximum absolute atomic E-state index is 4.66.